The van der Waals surface area contributed by atoms with E-state index in [1.165, 1.54) is 6.20 Å². The Bertz CT molecular complexity index is 1050. The van der Waals surface area contributed by atoms with E-state index < -0.39 is 10.0 Å². The van der Waals surface area contributed by atoms with Crippen molar-refractivity contribution in [3.8, 4) is 5.82 Å². The van der Waals surface area contributed by atoms with Crippen molar-refractivity contribution in [1.82, 2.24) is 34.3 Å². The normalized spacial score (nSPS) is 11.7. The van der Waals surface area contributed by atoms with Crippen molar-refractivity contribution >= 4 is 15.8 Å². The van der Waals surface area contributed by atoms with Crippen molar-refractivity contribution < 1.29 is 8.42 Å². The summed E-state index contributed by atoms with van der Waals surface area (Å²) >= 11 is 0. The van der Waals surface area contributed by atoms with Crippen molar-refractivity contribution in [3.05, 3.63) is 41.6 Å². The van der Waals surface area contributed by atoms with E-state index in [1.54, 1.807) is 28.3 Å². The lowest BCUT2D eigenvalue weighted by Crippen LogP contribution is -2.29. The molecule has 0 spiro atoms. The Balaban J connectivity index is 1.54. The first-order valence-electron chi connectivity index (χ1n) is 8.95. The van der Waals surface area contributed by atoms with Gasteiger partial charge in [-0.15, -0.1) is 10.2 Å². The number of hydrogen-bond acceptors (Lipinski definition) is 7. The number of anilines is 1. The predicted octanol–water partition coefficient (Wildman–Crippen LogP) is 1.19. The molecule has 0 radical (unpaired) electrons. The van der Waals surface area contributed by atoms with Gasteiger partial charge in [-0.2, -0.15) is 5.10 Å². The van der Waals surface area contributed by atoms with Gasteiger partial charge in [0.15, 0.2) is 10.8 Å². The molecule has 10 nitrogen and oxygen atoms in total. The summed E-state index contributed by atoms with van der Waals surface area (Å²) in [5.41, 5.74) is 1.88. The van der Waals surface area contributed by atoms with Gasteiger partial charge in [-0.3, -0.25) is 0 Å². The topological polar surface area (TPSA) is 120 Å². The number of hydrogen-bond donors (Lipinski definition) is 2. The molecule has 0 aromatic carbocycles. The Morgan fingerprint density at radius 3 is 2.46 bits per heavy atom. The molecular weight excluding hydrogens is 380 g/mol. The second-order valence-electron chi connectivity index (χ2n) is 6.35. The van der Waals surface area contributed by atoms with Crippen molar-refractivity contribution in [2.75, 3.05) is 18.4 Å². The molecule has 0 unspecified atom stereocenters. The van der Waals surface area contributed by atoms with E-state index in [0.29, 0.717) is 30.5 Å². The molecule has 0 aliphatic rings. The quantitative estimate of drug-likeness (QED) is 0.541. The summed E-state index contributed by atoms with van der Waals surface area (Å²) < 4.78 is 30.6. The van der Waals surface area contributed by atoms with E-state index in [1.807, 2.05) is 26.8 Å². The van der Waals surface area contributed by atoms with Crippen LogP contribution >= 0.6 is 0 Å². The number of nitrogens with one attached hydrogen (secondary N) is 2. The van der Waals surface area contributed by atoms with E-state index in [2.05, 4.69) is 30.3 Å². The zero-order valence-corrected chi connectivity index (χ0v) is 17.2. The fourth-order valence-electron chi connectivity index (χ4n) is 2.77. The van der Waals surface area contributed by atoms with Gasteiger partial charge in [-0.1, -0.05) is 0 Å². The van der Waals surface area contributed by atoms with E-state index in [-0.39, 0.29) is 11.6 Å². The van der Waals surface area contributed by atoms with Crippen LogP contribution in [0.4, 0.5) is 5.82 Å². The molecule has 11 heteroatoms. The molecule has 0 aliphatic carbocycles. The number of nitrogens with zero attached hydrogens (tertiary/aromatic N) is 6. The average molecular weight is 405 g/mol. The first-order valence-corrected chi connectivity index (χ1v) is 10.4. The van der Waals surface area contributed by atoms with Gasteiger partial charge >= 0.3 is 0 Å². The van der Waals surface area contributed by atoms with Crippen molar-refractivity contribution in [2.24, 2.45) is 0 Å². The molecule has 0 aliphatic heterocycles. The van der Waals surface area contributed by atoms with Gasteiger partial charge in [-0.05, 0) is 45.9 Å². The largest absolute Gasteiger partial charge is 0.367 e. The highest BCUT2D eigenvalue weighted by molar-refractivity contribution is 7.89. The first-order chi connectivity index (χ1) is 13.3. The lowest BCUT2D eigenvalue weighted by atomic mass is 10.4. The Labute approximate surface area is 164 Å². The highest BCUT2D eigenvalue weighted by atomic mass is 32.2. The maximum Gasteiger partial charge on any atom is 0.259 e. The summed E-state index contributed by atoms with van der Waals surface area (Å²) in [6.07, 6.45) is 1.54. The molecule has 0 fully saturated rings. The molecule has 150 valence electrons. The van der Waals surface area contributed by atoms with Gasteiger partial charge < -0.3 is 9.88 Å². The van der Waals surface area contributed by atoms with Gasteiger partial charge in [0.1, 0.15) is 11.6 Å². The van der Waals surface area contributed by atoms with Crippen LogP contribution in [0.2, 0.25) is 0 Å². The van der Waals surface area contributed by atoms with Gasteiger partial charge in [0.25, 0.3) is 10.0 Å². The van der Waals surface area contributed by atoms with E-state index in [0.717, 1.165) is 11.4 Å². The molecule has 0 saturated carbocycles. The Morgan fingerprint density at radius 2 is 1.89 bits per heavy atom. The van der Waals surface area contributed by atoms with E-state index in [9.17, 15) is 8.42 Å². The number of sulfonamides is 1. The van der Waals surface area contributed by atoms with Gasteiger partial charge in [0.2, 0.25) is 0 Å². The summed E-state index contributed by atoms with van der Waals surface area (Å²) in [7, 11) is -3.64. The Morgan fingerprint density at radius 1 is 1.11 bits per heavy atom. The highest BCUT2D eigenvalue weighted by Gasteiger charge is 2.18. The second-order valence-corrected chi connectivity index (χ2v) is 8.07. The summed E-state index contributed by atoms with van der Waals surface area (Å²) in [5, 5.41) is 15.7. The fraction of sp³-hybridized carbons (Fsp3) is 0.412. The van der Waals surface area contributed by atoms with E-state index in [4.69, 9.17) is 0 Å². The van der Waals surface area contributed by atoms with Crippen molar-refractivity contribution in [3.63, 3.8) is 0 Å². The first kappa shape index (κ1) is 20.0. The summed E-state index contributed by atoms with van der Waals surface area (Å²) in [5.74, 6) is 1.84. The van der Waals surface area contributed by atoms with Crippen LogP contribution in [0.15, 0.2) is 29.4 Å². The second kappa shape index (κ2) is 8.07. The third kappa shape index (κ3) is 4.37. The summed E-state index contributed by atoms with van der Waals surface area (Å²) in [4.78, 5) is 4.10. The number of rotatable bonds is 8. The van der Waals surface area contributed by atoms with Gasteiger partial charge in [0.05, 0.1) is 5.69 Å². The van der Waals surface area contributed by atoms with Crippen LogP contribution in [-0.2, 0) is 16.6 Å². The molecular formula is C17H24N8O2S. The van der Waals surface area contributed by atoms with Crippen LogP contribution in [0.25, 0.3) is 5.82 Å². The number of aromatic nitrogens is 6. The van der Waals surface area contributed by atoms with Crippen molar-refractivity contribution in [2.45, 2.75) is 39.3 Å². The van der Waals surface area contributed by atoms with Crippen LogP contribution in [0, 0.1) is 20.8 Å². The molecule has 3 aromatic heterocycles. The number of imidazole rings is 1. The molecule has 0 bridgehead atoms. The molecule has 28 heavy (non-hydrogen) atoms. The van der Waals surface area contributed by atoms with Crippen LogP contribution in [0.5, 0.6) is 0 Å². The highest BCUT2D eigenvalue weighted by Crippen LogP contribution is 2.11. The van der Waals surface area contributed by atoms with Gasteiger partial charge in [-0.25, -0.2) is 22.8 Å². The van der Waals surface area contributed by atoms with E-state index >= 15 is 0 Å². The number of aryl methyl sites for hydroxylation is 4. The third-order valence-corrected chi connectivity index (χ3v) is 5.50. The van der Waals surface area contributed by atoms with Crippen LogP contribution in [0.3, 0.4) is 0 Å². The Hall–Kier alpha value is -2.79. The molecule has 2 N–H and O–H groups in total. The standard InChI is InChI=1S/C17H24N8O2S/c1-5-24-11-17(20-14(24)4)28(26,27)19-9-8-18-15-6-7-16(22-21-15)25-13(3)10-12(2)23-25/h6-7,10-11,19H,5,8-9H2,1-4H3,(H,18,21). The fourth-order valence-corrected chi connectivity index (χ4v) is 3.81. The van der Waals surface area contributed by atoms with Crippen LogP contribution < -0.4 is 10.0 Å². The maximum absolute atomic E-state index is 12.3. The Kier molecular flexibility index (Phi) is 5.75. The average Bonchev–Trinajstić information content (AvgIpc) is 3.21. The molecule has 0 amide bonds. The van der Waals surface area contributed by atoms with Gasteiger partial charge in [0, 0.05) is 31.5 Å². The SMILES string of the molecule is CCn1cc(S(=O)(=O)NCCNc2ccc(-n3nc(C)cc3C)nn2)nc1C. The summed E-state index contributed by atoms with van der Waals surface area (Å²) in [6.45, 7) is 8.80. The minimum absolute atomic E-state index is 0.0286. The lowest BCUT2D eigenvalue weighted by molar-refractivity contribution is 0.579. The van der Waals surface area contributed by atoms with Crippen LogP contribution in [-0.4, -0.2) is 51.0 Å². The molecule has 0 atom stereocenters. The zero-order valence-electron chi connectivity index (χ0n) is 16.3. The minimum atomic E-state index is -3.64. The summed E-state index contributed by atoms with van der Waals surface area (Å²) in [6, 6.07) is 5.55. The maximum atomic E-state index is 12.3. The zero-order chi connectivity index (χ0) is 20.3. The predicted molar refractivity (Wildman–Crippen MR) is 105 cm³/mol. The molecule has 0 saturated heterocycles. The third-order valence-electron chi connectivity index (χ3n) is 4.17. The van der Waals surface area contributed by atoms with Crippen molar-refractivity contribution in [1.29, 1.82) is 0 Å². The molecule has 3 aromatic rings. The molecule has 3 heterocycles. The smallest absolute Gasteiger partial charge is 0.259 e. The minimum Gasteiger partial charge on any atom is -0.367 e. The monoisotopic (exact) mass is 404 g/mol. The lowest BCUT2D eigenvalue weighted by Gasteiger charge is -2.07. The van der Waals surface area contributed by atoms with Crippen LogP contribution in [0.1, 0.15) is 24.1 Å². The molecule has 3 rings (SSSR count).